The van der Waals surface area contributed by atoms with Gasteiger partial charge in [-0.2, -0.15) is 0 Å². The van der Waals surface area contributed by atoms with Gasteiger partial charge in [0.05, 0.1) is 25.7 Å². The summed E-state index contributed by atoms with van der Waals surface area (Å²) >= 11 is 6.27. The van der Waals surface area contributed by atoms with Crippen LogP contribution in [0.25, 0.3) is 0 Å². The number of halogens is 1. The lowest BCUT2D eigenvalue weighted by Gasteiger charge is -2.33. The van der Waals surface area contributed by atoms with Gasteiger partial charge in [0.25, 0.3) is 0 Å². The molecule has 2 amide bonds. The SMILES string of the molecule is CCOP(=O)(OCC)C(O)[C@H](CC(C)C(=O)N(C)CCc1ccccc1)NC(=O)[CH]C(Cc1cccc(Cl)c1)C1CCCCC1. The van der Waals surface area contributed by atoms with Crippen LogP contribution in [0.5, 0.6) is 0 Å². The second-order valence-corrected chi connectivity index (χ2v) is 14.7. The Morgan fingerprint density at radius 2 is 1.69 bits per heavy atom. The van der Waals surface area contributed by atoms with Crippen molar-refractivity contribution >= 4 is 31.0 Å². The highest BCUT2D eigenvalue weighted by Crippen LogP contribution is 2.53. The molecule has 4 atom stereocenters. The predicted octanol–water partition coefficient (Wildman–Crippen LogP) is 7.08. The maximum absolute atomic E-state index is 13.7. The van der Waals surface area contributed by atoms with Crippen LogP contribution in [0.4, 0.5) is 0 Å². The van der Waals surface area contributed by atoms with E-state index in [1.807, 2.05) is 54.6 Å². The number of aliphatic hydroxyl groups excluding tert-OH is 1. The summed E-state index contributed by atoms with van der Waals surface area (Å²) in [6, 6.07) is 16.6. The highest BCUT2D eigenvalue weighted by atomic mass is 35.5. The lowest BCUT2D eigenvalue weighted by atomic mass is 9.76. The molecule has 0 bridgehead atoms. The molecular weight excluding hydrogens is 611 g/mol. The van der Waals surface area contributed by atoms with Crippen molar-refractivity contribution in [3.63, 3.8) is 0 Å². The Kier molecular flexibility index (Phi) is 15.6. The normalized spacial score (nSPS) is 16.8. The van der Waals surface area contributed by atoms with E-state index >= 15 is 0 Å². The van der Waals surface area contributed by atoms with Gasteiger partial charge in [-0.25, -0.2) is 0 Å². The highest BCUT2D eigenvalue weighted by Gasteiger charge is 2.42. The van der Waals surface area contributed by atoms with Crippen LogP contribution in [0.1, 0.15) is 70.4 Å². The summed E-state index contributed by atoms with van der Waals surface area (Å²) in [4.78, 5) is 28.7. The lowest BCUT2D eigenvalue weighted by Crippen LogP contribution is -2.47. The fourth-order valence-corrected chi connectivity index (χ4v) is 8.17. The van der Waals surface area contributed by atoms with Crippen LogP contribution in [-0.2, 0) is 36.0 Å². The molecule has 3 rings (SSSR count). The fourth-order valence-electron chi connectivity index (χ4n) is 6.22. The van der Waals surface area contributed by atoms with E-state index < -0.39 is 25.4 Å². The first kappa shape index (κ1) is 37.2. The van der Waals surface area contributed by atoms with Crippen LogP contribution >= 0.6 is 19.2 Å². The number of carbonyl (C=O) groups excluding carboxylic acids is 2. The third-order valence-electron chi connectivity index (χ3n) is 8.59. The fraction of sp³-hybridized carbons (Fsp3) is 0.571. The number of nitrogens with one attached hydrogen (secondary N) is 1. The molecule has 1 saturated carbocycles. The van der Waals surface area contributed by atoms with Crippen molar-refractivity contribution in [2.45, 2.75) is 84.0 Å². The van der Waals surface area contributed by atoms with E-state index in [0.29, 0.717) is 30.3 Å². The van der Waals surface area contributed by atoms with Crippen molar-refractivity contribution in [3.8, 4) is 0 Å². The van der Waals surface area contributed by atoms with Crippen LogP contribution in [0, 0.1) is 24.2 Å². The number of nitrogens with zero attached hydrogens (tertiary/aromatic N) is 1. The summed E-state index contributed by atoms with van der Waals surface area (Å²) in [5, 5.41) is 15.0. The number of benzene rings is 2. The molecule has 0 spiro atoms. The van der Waals surface area contributed by atoms with E-state index in [-0.39, 0.29) is 37.4 Å². The summed E-state index contributed by atoms with van der Waals surface area (Å²) in [7, 11) is -2.27. The van der Waals surface area contributed by atoms with Crippen molar-refractivity contribution in [3.05, 3.63) is 77.2 Å². The first-order valence-electron chi connectivity index (χ1n) is 16.3. The summed E-state index contributed by atoms with van der Waals surface area (Å²) < 4.78 is 24.6. The van der Waals surface area contributed by atoms with Gasteiger partial charge in [0.2, 0.25) is 11.8 Å². The monoisotopic (exact) mass is 661 g/mol. The molecule has 10 heteroatoms. The minimum Gasteiger partial charge on any atom is -0.379 e. The minimum atomic E-state index is -4.02. The zero-order valence-electron chi connectivity index (χ0n) is 27.2. The predicted molar refractivity (Wildman–Crippen MR) is 180 cm³/mol. The van der Waals surface area contributed by atoms with Crippen LogP contribution in [0.15, 0.2) is 54.6 Å². The van der Waals surface area contributed by atoms with Crippen molar-refractivity contribution < 1.29 is 28.3 Å². The van der Waals surface area contributed by atoms with Gasteiger partial charge in [0, 0.05) is 24.5 Å². The Labute approximate surface area is 274 Å². The van der Waals surface area contributed by atoms with Gasteiger partial charge in [-0.15, -0.1) is 0 Å². The number of hydrogen-bond donors (Lipinski definition) is 2. The van der Waals surface area contributed by atoms with Crippen molar-refractivity contribution in [2.24, 2.45) is 17.8 Å². The summed E-state index contributed by atoms with van der Waals surface area (Å²) in [5.74, 6) is -2.46. The third kappa shape index (κ3) is 11.8. The first-order valence-corrected chi connectivity index (χ1v) is 18.3. The molecule has 2 aromatic carbocycles. The average Bonchev–Trinajstić information content (AvgIpc) is 3.03. The molecule has 1 aliphatic carbocycles. The van der Waals surface area contributed by atoms with Gasteiger partial charge in [0.15, 0.2) is 5.85 Å². The molecule has 0 saturated heterocycles. The van der Waals surface area contributed by atoms with Gasteiger partial charge in [-0.1, -0.05) is 93.1 Å². The zero-order valence-corrected chi connectivity index (χ0v) is 28.8. The topological polar surface area (TPSA) is 105 Å². The van der Waals surface area contributed by atoms with Crippen molar-refractivity contribution in [1.29, 1.82) is 0 Å². The largest absolute Gasteiger partial charge is 0.379 e. The van der Waals surface area contributed by atoms with Crippen LogP contribution in [-0.4, -0.2) is 60.5 Å². The highest BCUT2D eigenvalue weighted by molar-refractivity contribution is 7.54. The Bertz CT molecular complexity index is 1230. The van der Waals surface area contributed by atoms with Crippen molar-refractivity contribution in [2.75, 3.05) is 26.8 Å². The Balaban J connectivity index is 1.77. The molecule has 0 heterocycles. The number of likely N-dealkylation sites (N-methyl/N-ethyl adjacent to an activating group) is 1. The molecule has 0 aliphatic heterocycles. The second-order valence-electron chi connectivity index (χ2n) is 12.1. The number of amides is 2. The van der Waals surface area contributed by atoms with E-state index in [4.69, 9.17) is 20.6 Å². The Morgan fingerprint density at radius 3 is 2.31 bits per heavy atom. The standard InChI is InChI=1S/C35H51ClN2O6P/c1-5-43-45(42,44-6-2)35(41)32(22-26(3)34(40)38(4)21-20-27-14-9-7-10-15-27)37-33(39)25-30(29-17-11-8-12-18-29)23-28-16-13-19-31(36)24-28/h7,9-10,13-16,19,24-26,29-30,32,35,41H,5-6,8,11-12,17-18,20-23H2,1-4H3,(H,37,39)/t26?,30?,32-,35?/m0/s1. The molecule has 8 nitrogen and oxygen atoms in total. The van der Waals surface area contributed by atoms with E-state index in [2.05, 4.69) is 5.32 Å². The zero-order chi connectivity index (χ0) is 32.8. The van der Waals surface area contributed by atoms with Crippen LogP contribution < -0.4 is 5.32 Å². The molecule has 0 aromatic heterocycles. The van der Waals surface area contributed by atoms with E-state index in [1.165, 1.54) is 6.42 Å². The second kappa shape index (κ2) is 18.8. The van der Waals surface area contributed by atoms with Gasteiger partial charge >= 0.3 is 7.60 Å². The van der Waals surface area contributed by atoms with E-state index in [0.717, 1.165) is 36.8 Å². The van der Waals surface area contributed by atoms with E-state index in [1.54, 1.807) is 39.1 Å². The molecule has 1 radical (unpaired) electrons. The van der Waals surface area contributed by atoms with Gasteiger partial charge in [0.1, 0.15) is 0 Å². The molecule has 249 valence electrons. The molecule has 3 unspecified atom stereocenters. The minimum absolute atomic E-state index is 0.0460. The number of hydrogen-bond acceptors (Lipinski definition) is 6. The molecule has 2 N–H and O–H groups in total. The summed E-state index contributed by atoms with van der Waals surface area (Å²) in [5.41, 5.74) is 2.18. The molecule has 1 aliphatic rings. The maximum atomic E-state index is 13.7. The number of aliphatic hydroxyl groups is 1. The van der Waals surface area contributed by atoms with Crippen molar-refractivity contribution in [1.82, 2.24) is 10.2 Å². The average molecular weight is 662 g/mol. The van der Waals surface area contributed by atoms with Gasteiger partial charge in [-0.3, -0.25) is 14.2 Å². The summed E-state index contributed by atoms with van der Waals surface area (Å²) in [6.07, 6.45) is 8.61. The Morgan fingerprint density at radius 1 is 1.04 bits per heavy atom. The number of carbonyl (C=O) groups is 2. The molecule has 1 fully saturated rings. The molecule has 45 heavy (non-hydrogen) atoms. The quantitative estimate of drug-likeness (QED) is 0.166. The maximum Gasteiger partial charge on any atom is 0.360 e. The number of rotatable bonds is 18. The first-order chi connectivity index (χ1) is 21.6. The summed E-state index contributed by atoms with van der Waals surface area (Å²) in [6.45, 7) is 5.72. The van der Waals surface area contributed by atoms with Crippen LogP contribution in [0.2, 0.25) is 5.02 Å². The smallest absolute Gasteiger partial charge is 0.360 e. The van der Waals surface area contributed by atoms with Crippen LogP contribution in [0.3, 0.4) is 0 Å². The third-order valence-corrected chi connectivity index (χ3v) is 11.1. The Hall–Kier alpha value is -2.22. The van der Waals surface area contributed by atoms with E-state index in [9.17, 15) is 19.3 Å². The molecular formula is C35H51ClN2O6P. The lowest BCUT2D eigenvalue weighted by molar-refractivity contribution is -0.134. The van der Waals surface area contributed by atoms with Gasteiger partial charge in [-0.05, 0) is 68.2 Å². The van der Waals surface area contributed by atoms with Gasteiger partial charge < -0.3 is 24.4 Å². The molecule has 2 aromatic rings.